The van der Waals surface area contributed by atoms with Gasteiger partial charge in [0.05, 0.1) is 0 Å². The van der Waals surface area contributed by atoms with Crippen LogP contribution in [0.3, 0.4) is 0 Å². The molecular weight excluding hydrogens is 258 g/mol. The molecule has 0 aliphatic carbocycles. The number of benzene rings is 1. The van der Waals surface area contributed by atoms with Crippen LogP contribution in [-0.2, 0) is 4.79 Å². The number of rotatable bonds is 1. The Balaban J connectivity index is 1.72. The van der Waals surface area contributed by atoms with Crippen LogP contribution in [0.15, 0.2) is 24.3 Å². The van der Waals surface area contributed by atoms with Crippen molar-refractivity contribution in [2.24, 2.45) is 5.92 Å². The molecule has 0 amide bonds. The average molecular weight is 276 g/mol. The number of hydrogen-bond donors (Lipinski definition) is 0. The predicted octanol–water partition coefficient (Wildman–Crippen LogP) is 3.25. The number of carbonyl (C=O) groups excluding carboxylic acids is 1. The number of ketones is 1. The molecule has 2 nitrogen and oxygen atoms in total. The number of piperidine rings is 2. The smallest absolute Gasteiger partial charge is 0.139 e. The van der Waals surface area contributed by atoms with Crippen LogP contribution in [-0.4, -0.2) is 29.3 Å². The summed E-state index contributed by atoms with van der Waals surface area (Å²) in [6.45, 7) is 0.998. The van der Waals surface area contributed by atoms with Gasteiger partial charge in [0.2, 0.25) is 0 Å². The largest absolute Gasteiger partial charge is 0.299 e. The Morgan fingerprint density at radius 1 is 1.16 bits per heavy atom. The van der Waals surface area contributed by atoms with Crippen LogP contribution >= 0.6 is 11.6 Å². The third kappa shape index (κ3) is 1.77. The Bertz CT molecular complexity index is 512. The van der Waals surface area contributed by atoms with Crippen molar-refractivity contribution in [3.63, 3.8) is 0 Å². The molecule has 0 saturated carbocycles. The van der Waals surface area contributed by atoms with Crippen molar-refractivity contribution < 1.29 is 4.79 Å². The van der Waals surface area contributed by atoms with E-state index in [0.29, 0.717) is 23.8 Å². The summed E-state index contributed by atoms with van der Waals surface area (Å²) in [6, 6.07) is 9.36. The molecule has 1 aromatic rings. The van der Waals surface area contributed by atoms with Crippen molar-refractivity contribution in [1.82, 2.24) is 4.90 Å². The molecule has 5 atom stereocenters. The van der Waals surface area contributed by atoms with Gasteiger partial charge in [-0.25, -0.2) is 0 Å². The zero-order valence-electron chi connectivity index (χ0n) is 10.9. The van der Waals surface area contributed by atoms with Crippen LogP contribution in [0, 0.1) is 5.92 Å². The van der Waals surface area contributed by atoms with Gasteiger partial charge in [0, 0.05) is 36.0 Å². The lowest BCUT2D eigenvalue weighted by molar-refractivity contribution is -0.132. The van der Waals surface area contributed by atoms with Crippen LogP contribution in [0.25, 0.3) is 0 Å². The highest BCUT2D eigenvalue weighted by Crippen LogP contribution is 2.49. The fourth-order valence-electron chi connectivity index (χ4n) is 4.56. The molecule has 4 bridgehead atoms. The highest BCUT2D eigenvalue weighted by molar-refractivity contribution is 6.30. The summed E-state index contributed by atoms with van der Waals surface area (Å²) in [7, 11) is 0. The summed E-state index contributed by atoms with van der Waals surface area (Å²) in [5, 5.41) is 0.777. The second kappa shape index (κ2) is 4.32. The first-order chi connectivity index (χ1) is 9.24. The first kappa shape index (κ1) is 11.9. The highest BCUT2D eigenvalue weighted by Gasteiger charge is 2.52. The van der Waals surface area contributed by atoms with Gasteiger partial charge in [0.15, 0.2) is 0 Å². The molecule has 3 aliphatic heterocycles. The van der Waals surface area contributed by atoms with E-state index in [9.17, 15) is 4.79 Å². The van der Waals surface area contributed by atoms with Gasteiger partial charge in [-0.05, 0) is 42.9 Å². The molecule has 3 fully saturated rings. The number of Topliss-reactive ketones (excluding diaryl/α,β-unsaturated/α-hetero) is 1. The van der Waals surface area contributed by atoms with Crippen LogP contribution in [0.2, 0.25) is 5.02 Å². The topological polar surface area (TPSA) is 20.3 Å². The summed E-state index contributed by atoms with van der Waals surface area (Å²) in [4.78, 5) is 15.0. The van der Waals surface area contributed by atoms with Crippen molar-refractivity contribution >= 4 is 17.4 Å². The van der Waals surface area contributed by atoms with Crippen LogP contribution in [0.5, 0.6) is 0 Å². The van der Waals surface area contributed by atoms with E-state index in [-0.39, 0.29) is 5.92 Å². The van der Waals surface area contributed by atoms with Gasteiger partial charge in [0.25, 0.3) is 0 Å². The number of halogens is 1. The third-order valence-electron chi connectivity index (χ3n) is 5.35. The lowest BCUT2D eigenvalue weighted by Gasteiger charge is -2.47. The van der Waals surface area contributed by atoms with Crippen LogP contribution in [0.1, 0.15) is 37.2 Å². The fourth-order valence-corrected chi connectivity index (χ4v) is 4.69. The monoisotopic (exact) mass is 275 g/mol. The summed E-state index contributed by atoms with van der Waals surface area (Å²) in [5.41, 5.74) is 1.31. The molecule has 3 unspecified atom stereocenters. The van der Waals surface area contributed by atoms with Crippen molar-refractivity contribution in [3.8, 4) is 0 Å². The third-order valence-corrected chi connectivity index (χ3v) is 5.60. The van der Waals surface area contributed by atoms with E-state index in [1.54, 1.807) is 0 Å². The minimum Gasteiger partial charge on any atom is -0.299 e. The zero-order chi connectivity index (χ0) is 13.0. The van der Waals surface area contributed by atoms with Gasteiger partial charge in [-0.3, -0.25) is 9.69 Å². The van der Waals surface area contributed by atoms with Crippen molar-refractivity contribution in [2.75, 3.05) is 6.54 Å². The van der Waals surface area contributed by atoms with Crippen LogP contribution < -0.4 is 0 Å². The van der Waals surface area contributed by atoms with E-state index in [2.05, 4.69) is 17.0 Å². The molecular formula is C16H18ClNO. The first-order valence-electron chi connectivity index (χ1n) is 7.28. The van der Waals surface area contributed by atoms with Crippen molar-refractivity contribution in [3.05, 3.63) is 34.9 Å². The highest BCUT2D eigenvalue weighted by atomic mass is 35.5. The number of nitrogens with zero attached hydrogens (tertiary/aromatic N) is 1. The maximum atomic E-state index is 12.4. The molecule has 3 aliphatic rings. The van der Waals surface area contributed by atoms with Crippen molar-refractivity contribution in [1.29, 1.82) is 0 Å². The minimum absolute atomic E-state index is 0.230. The lowest BCUT2D eigenvalue weighted by Crippen LogP contribution is -2.55. The van der Waals surface area contributed by atoms with Gasteiger partial charge < -0.3 is 0 Å². The standard InChI is InChI=1S/C16H18ClNO/c17-11-3-1-10(2-4-11)13-9-12-5-6-14-16(13)15(19)7-8-18(12)14/h1-4,12-14,16H,5-9H2/t12-,13-,14?,16?/m1/s1. The molecule has 3 heterocycles. The average Bonchev–Trinajstić information content (AvgIpc) is 2.69. The SMILES string of the molecule is O=C1CCN2C3CC[C@@H]2C[C@H](c2ccc(Cl)cc2)C13. The summed E-state index contributed by atoms with van der Waals surface area (Å²) >= 11 is 5.98. The summed E-state index contributed by atoms with van der Waals surface area (Å²) < 4.78 is 0. The van der Waals surface area contributed by atoms with Gasteiger partial charge in [-0.1, -0.05) is 23.7 Å². The van der Waals surface area contributed by atoms with Crippen LogP contribution in [0.4, 0.5) is 0 Å². The Hall–Kier alpha value is -0.860. The molecule has 100 valence electrons. The normalized spacial score (nSPS) is 40.5. The van der Waals surface area contributed by atoms with Gasteiger partial charge >= 0.3 is 0 Å². The minimum atomic E-state index is 0.230. The van der Waals surface area contributed by atoms with E-state index in [4.69, 9.17) is 11.6 Å². The first-order valence-corrected chi connectivity index (χ1v) is 7.66. The molecule has 0 spiro atoms. The maximum absolute atomic E-state index is 12.4. The molecule has 19 heavy (non-hydrogen) atoms. The van der Waals surface area contributed by atoms with E-state index >= 15 is 0 Å². The quantitative estimate of drug-likeness (QED) is 0.784. The van der Waals surface area contributed by atoms with E-state index in [0.717, 1.165) is 24.4 Å². The Morgan fingerprint density at radius 3 is 2.74 bits per heavy atom. The second-order valence-corrected chi connectivity index (χ2v) is 6.61. The van der Waals surface area contributed by atoms with E-state index in [1.165, 1.54) is 18.4 Å². The predicted molar refractivity (Wildman–Crippen MR) is 75.4 cm³/mol. The lowest BCUT2D eigenvalue weighted by atomic mass is 9.71. The molecule has 3 heteroatoms. The summed E-state index contributed by atoms with van der Waals surface area (Å²) in [5.74, 6) is 1.13. The van der Waals surface area contributed by atoms with Crippen molar-refractivity contribution in [2.45, 2.75) is 43.7 Å². The zero-order valence-corrected chi connectivity index (χ0v) is 11.6. The number of carbonyl (C=O) groups is 1. The molecule has 0 N–H and O–H groups in total. The van der Waals surface area contributed by atoms with Gasteiger partial charge in [-0.15, -0.1) is 0 Å². The maximum Gasteiger partial charge on any atom is 0.139 e. The molecule has 0 aromatic heterocycles. The molecule has 1 aromatic carbocycles. The molecule has 0 radical (unpaired) electrons. The van der Waals surface area contributed by atoms with E-state index < -0.39 is 0 Å². The Morgan fingerprint density at radius 2 is 1.95 bits per heavy atom. The number of hydrogen-bond acceptors (Lipinski definition) is 2. The fraction of sp³-hybridized carbons (Fsp3) is 0.562. The Kier molecular flexibility index (Phi) is 2.71. The Labute approximate surface area is 118 Å². The molecule has 4 rings (SSSR count). The van der Waals surface area contributed by atoms with E-state index in [1.807, 2.05) is 12.1 Å². The second-order valence-electron chi connectivity index (χ2n) is 6.17. The summed E-state index contributed by atoms with van der Waals surface area (Å²) in [6.07, 6.45) is 4.39. The van der Waals surface area contributed by atoms with Gasteiger partial charge in [0.1, 0.15) is 5.78 Å². The van der Waals surface area contributed by atoms with Gasteiger partial charge in [-0.2, -0.15) is 0 Å². The molecule has 3 saturated heterocycles.